The molecule has 0 aromatic carbocycles. The minimum atomic E-state index is 0.0406. The Morgan fingerprint density at radius 3 is 2.33 bits per heavy atom. The molecule has 0 unspecified atom stereocenters. The van der Waals surface area contributed by atoms with E-state index >= 15 is 0 Å². The van der Waals surface area contributed by atoms with Gasteiger partial charge in [-0.2, -0.15) is 5.10 Å². The fraction of sp³-hybridized carbons (Fsp3) is 0.714. The van der Waals surface area contributed by atoms with E-state index in [1.54, 1.807) is 0 Å². The van der Waals surface area contributed by atoms with Gasteiger partial charge in [0.25, 0.3) is 0 Å². The van der Waals surface area contributed by atoms with Gasteiger partial charge in [-0.1, -0.05) is 20.8 Å². The molecule has 4 heteroatoms. The predicted octanol–water partition coefficient (Wildman–Crippen LogP) is 2.36. The van der Waals surface area contributed by atoms with E-state index in [0.29, 0.717) is 13.0 Å². The summed E-state index contributed by atoms with van der Waals surface area (Å²) in [6.07, 6.45) is 0.559. The van der Waals surface area contributed by atoms with Crippen molar-refractivity contribution in [3.63, 3.8) is 0 Å². The molecule has 0 saturated heterocycles. The summed E-state index contributed by atoms with van der Waals surface area (Å²) in [7, 11) is 0. The molecule has 1 aromatic heterocycles. The summed E-state index contributed by atoms with van der Waals surface area (Å²) in [6.45, 7) is 13.7. The number of hydrogen-bond acceptors (Lipinski definition) is 2. The Kier molecular flexibility index (Phi) is 4.54. The molecule has 0 aliphatic heterocycles. The second-order valence-corrected chi connectivity index (χ2v) is 6.11. The fourth-order valence-electron chi connectivity index (χ4n) is 1.85. The van der Waals surface area contributed by atoms with E-state index in [9.17, 15) is 4.79 Å². The molecular weight excluding hydrogens is 226 g/mol. The van der Waals surface area contributed by atoms with Crippen molar-refractivity contribution >= 4 is 5.91 Å². The third-order valence-corrected chi connectivity index (χ3v) is 3.08. The Labute approximate surface area is 110 Å². The van der Waals surface area contributed by atoms with E-state index in [0.717, 1.165) is 12.2 Å². The zero-order valence-electron chi connectivity index (χ0n) is 12.4. The molecule has 1 N–H and O–H groups in total. The van der Waals surface area contributed by atoms with Crippen LogP contribution in [0.5, 0.6) is 0 Å². The van der Waals surface area contributed by atoms with Crippen molar-refractivity contribution in [1.29, 1.82) is 0 Å². The van der Waals surface area contributed by atoms with Crippen LogP contribution < -0.4 is 5.32 Å². The Morgan fingerprint density at radius 2 is 1.89 bits per heavy atom. The Balaban J connectivity index is 2.42. The van der Waals surface area contributed by atoms with Gasteiger partial charge >= 0.3 is 0 Å². The van der Waals surface area contributed by atoms with Crippen molar-refractivity contribution in [1.82, 2.24) is 15.1 Å². The van der Waals surface area contributed by atoms with Gasteiger partial charge in [-0.3, -0.25) is 9.48 Å². The lowest BCUT2D eigenvalue weighted by Gasteiger charge is -2.17. The molecule has 0 radical (unpaired) electrons. The molecule has 1 rings (SSSR count). The van der Waals surface area contributed by atoms with E-state index in [1.807, 2.05) is 11.6 Å². The average molecular weight is 251 g/mol. The van der Waals surface area contributed by atoms with Crippen LogP contribution in [0.4, 0.5) is 0 Å². The van der Waals surface area contributed by atoms with Crippen molar-refractivity contribution < 1.29 is 4.79 Å². The second-order valence-electron chi connectivity index (χ2n) is 6.11. The van der Waals surface area contributed by atoms with Crippen molar-refractivity contribution in [2.24, 2.45) is 5.41 Å². The summed E-state index contributed by atoms with van der Waals surface area (Å²) in [6, 6.07) is 0. The maximum Gasteiger partial charge on any atom is 0.220 e. The third kappa shape index (κ3) is 4.17. The molecular formula is C14H25N3O. The highest BCUT2D eigenvalue weighted by atomic mass is 16.1. The van der Waals surface area contributed by atoms with E-state index in [1.165, 1.54) is 11.3 Å². The average Bonchev–Trinajstić information content (AvgIpc) is 2.44. The lowest BCUT2D eigenvalue weighted by atomic mass is 9.92. The monoisotopic (exact) mass is 251 g/mol. The van der Waals surface area contributed by atoms with Crippen LogP contribution >= 0.6 is 0 Å². The second kappa shape index (κ2) is 5.55. The zero-order chi connectivity index (χ0) is 13.9. The minimum Gasteiger partial charge on any atom is -0.354 e. The van der Waals surface area contributed by atoms with E-state index < -0.39 is 0 Å². The number of carbonyl (C=O) groups excluding carboxylic acids is 1. The highest BCUT2D eigenvalue weighted by Gasteiger charge is 2.15. The first kappa shape index (κ1) is 14.7. The summed E-state index contributed by atoms with van der Waals surface area (Å²) < 4.78 is 1.96. The van der Waals surface area contributed by atoms with Crippen LogP contribution in [0, 0.1) is 26.2 Å². The van der Waals surface area contributed by atoms with E-state index in [4.69, 9.17) is 0 Å². The molecule has 0 saturated carbocycles. The first-order chi connectivity index (χ1) is 8.20. The smallest absolute Gasteiger partial charge is 0.220 e. The van der Waals surface area contributed by atoms with Crippen LogP contribution in [0.3, 0.4) is 0 Å². The number of aryl methyl sites for hydroxylation is 1. The van der Waals surface area contributed by atoms with Gasteiger partial charge in [-0.25, -0.2) is 0 Å². The highest BCUT2D eigenvalue weighted by molar-refractivity contribution is 5.76. The van der Waals surface area contributed by atoms with Gasteiger partial charge in [-0.05, 0) is 31.7 Å². The van der Waals surface area contributed by atoms with Crippen LogP contribution in [0.2, 0.25) is 0 Å². The first-order valence-electron chi connectivity index (χ1n) is 6.48. The maximum atomic E-state index is 11.7. The normalized spacial score (nSPS) is 11.7. The van der Waals surface area contributed by atoms with Gasteiger partial charge in [0.1, 0.15) is 0 Å². The maximum absolute atomic E-state index is 11.7. The van der Waals surface area contributed by atoms with Gasteiger partial charge in [0, 0.05) is 18.7 Å². The fourth-order valence-corrected chi connectivity index (χ4v) is 1.85. The summed E-state index contributed by atoms with van der Waals surface area (Å²) in [5.41, 5.74) is 3.51. The molecule has 1 aromatic rings. The van der Waals surface area contributed by atoms with Gasteiger partial charge < -0.3 is 5.32 Å². The Hall–Kier alpha value is -1.32. The lowest BCUT2D eigenvalue weighted by Crippen LogP contribution is -2.30. The van der Waals surface area contributed by atoms with Crippen molar-refractivity contribution in [3.05, 3.63) is 17.0 Å². The van der Waals surface area contributed by atoms with Gasteiger partial charge in [-0.15, -0.1) is 0 Å². The number of hydrogen-bond donors (Lipinski definition) is 1. The van der Waals surface area contributed by atoms with E-state index in [2.05, 4.69) is 45.0 Å². The van der Waals surface area contributed by atoms with Gasteiger partial charge in [0.05, 0.1) is 12.2 Å². The molecule has 0 fully saturated rings. The molecule has 0 atom stereocenters. The van der Waals surface area contributed by atoms with Crippen LogP contribution in [0.25, 0.3) is 0 Å². The summed E-state index contributed by atoms with van der Waals surface area (Å²) >= 11 is 0. The summed E-state index contributed by atoms with van der Waals surface area (Å²) in [5, 5.41) is 7.39. The molecule has 102 valence electrons. The van der Waals surface area contributed by atoms with Gasteiger partial charge in [0.15, 0.2) is 0 Å². The van der Waals surface area contributed by atoms with Crippen LogP contribution in [-0.2, 0) is 11.3 Å². The van der Waals surface area contributed by atoms with Gasteiger partial charge in [0.2, 0.25) is 5.91 Å². The molecule has 4 nitrogen and oxygen atoms in total. The minimum absolute atomic E-state index is 0.0406. The largest absolute Gasteiger partial charge is 0.354 e. The quantitative estimate of drug-likeness (QED) is 0.893. The standard InChI is InChI=1S/C14H25N3O/c1-10-11(2)16-17(12(10)3)8-7-15-13(18)9-14(4,5)6/h7-9H2,1-6H3,(H,15,18). The molecule has 0 aliphatic rings. The molecule has 18 heavy (non-hydrogen) atoms. The van der Waals surface area contributed by atoms with E-state index in [-0.39, 0.29) is 11.3 Å². The Bertz CT molecular complexity index is 427. The molecule has 0 bridgehead atoms. The van der Waals surface area contributed by atoms with Crippen molar-refractivity contribution in [2.45, 2.75) is 54.5 Å². The van der Waals surface area contributed by atoms with Crippen molar-refractivity contribution in [3.8, 4) is 0 Å². The van der Waals surface area contributed by atoms with Crippen LogP contribution in [-0.4, -0.2) is 22.2 Å². The molecule has 1 amide bonds. The third-order valence-electron chi connectivity index (χ3n) is 3.08. The van der Waals surface area contributed by atoms with Crippen molar-refractivity contribution in [2.75, 3.05) is 6.54 Å². The van der Waals surface area contributed by atoms with Crippen LogP contribution in [0.1, 0.15) is 44.1 Å². The predicted molar refractivity (Wildman–Crippen MR) is 73.5 cm³/mol. The first-order valence-corrected chi connectivity index (χ1v) is 6.48. The number of nitrogens with zero attached hydrogens (tertiary/aromatic N) is 2. The van der Waals surface area contributed by atoms with Crippen LogP contribution in [0.15, 0.2) is 0 Å². The number of rotatable bonds is 4. The molecule has 0 spiro atoms. The SMILES string of the molecule is Cc1nn(CCNC(=O)CC(C)(C)C)c(C)c1C. The highest BCUT2D eigenvalue weighted by Crippen LogP contribution is 2.17. The number of carbonyl (C=O) groups is 1. The zero-order valence-corrected chi connectivity index (χ0v) is 12.4. The topological polar surface area (TPSA) is 46.9 Å². The number of nitrogens with one attached hydrogen (secondary N) is 1. The number of aromatic nitrogens is 2. The lowest BCUT2D eigenvalue weighted by molar-refractivity contribution is -0.122. The summed E-state index contributed by atoms with van der Waals surface area (Å²) in [5.74, 6) is 0.112. The summed E-state index contributed by atoms with van der Waals surface area (Å²) in [4.78, 5) is 11.7. The molecule has 0 aliphatic carbocycles. The Morgan fingerprint density at radius 1 is 1.28 bits per heavy atom. The number of amides is 1. The molecule has 1 heterocycles.